The summed E-state index contributed by atoms with van der Waals surface area (Å²) in [7, 11) is 0. The molecule has 2 aromatic rings. The minimum atomic E-state index is -0.712. The third-order valence-corrected chi connectivity index (χ3v) is 8.28. The van der Waals surface area contributed by atoms with Gasteiger partial charge in [0.15, 0.2) is 11.6 Å². The lowest BCUT2D eigenvalue weighted by Crippen LogP contribution is -2.41. The van der Waals surface area contributed by atoms with Gasteiger partial charge in [0.25, 0.3) is 0 Å². The Hall–Kier alpha value is -3.60. The lowest BCUT2D eigenvalue weighted by Gasteiger charge is -2.34. The third-order valence-electron chi connectivity index (χ3n) is 8.28. The van der Waals surface area contributed by atoms with Crippen LogP contribution in [0, 0.1) is 0 Å². The van der Waals surface area contributed by atoms with Crippen molar-refractivity contribution in [2.75, 3.05) is 49.2 Å². The van der Waals surface area contributed by atoms with Gasteiger partial charge in [-0.15, -0.1) is 0 Å². The molecule has 0 aromatic carbocycles. The predicted molar refractivity (Wildman–Crippen MR) is 166 cm³/mol. The molecular formula is C33H45N5O6. The summed E-state index contributed by atoms with van der Waals surface area (Å²) in [5.74, 6) is 1.53. The molecule has 0 atom stereocenters. The first-order valence-electron chi connectivity index (χ1n) is 15.9. The Morgan fingerprint density at radius 3 is 2.16 bits per heavy atom. The van der Waals surface area contributed by atoms with Crippen LogP contribution in [0.5, 0.6) is 5.75 Å². The van der Waals surface area contributed by atoms with E-state index in [4.69, 9.17) is 28.9 Å². The van der Waals surface area contributed by atoms with E-state index in [1.165, 1.54) is 0 Å². The van der Waals surface area contributed by atoms with Crippen molar-refractivity contribution in [2.24, 2.45) is 0 Å². The highest BCUT2D eigenvalue weighted by Crippen LogP contribution is 2.51. The van der Waals surface area contributed by atoms with Crippen molar-refractivity contribution >= 4 is 29.4 Å². The van der Waals surface area contributed by atoms with Crippen LogP contribution in [-0.2, 0) is 20.8 Å². The highest BCUT2D eigenvalue weighted by molar-refractivity contribution is 5.99. The monoisotopic (exact) mass is 607 g/mol. The van der Waals surface area contributed by atoms with Gasteiger partial charge >= 0.3 is 12.2 Å². The van der Waals surface area contributed by atoms with Gasteiger partial charge in [-0.1, -0.05) is 0 Å². The molecule has 5 heterocycles. The number of likely N-dealkylation sites (tertiary alicyclic amines) is 1. The van der Waals surface area contributed by atoms with Gasteiger partial charge in [0.2, 0.25) is 0 Å². The first kappa shape index (κ1) is 30.4. The molecule has 44 heavy (non-hydrogen) atoms. The van der Waals surface area contributed by atoms with Gasteiger partial charge in [-0.05, 0) is 79.4 Å². The molecule has 2 saturated heterocycles. The van der Waals surface area contributed by atoms with Gasteiger partial charge in [0, 0.05) is 55.6 Å². The molecule has 6 rings (SSSR count). The van der Waals surface area contributed by atoms with E-state index in [2.05, 4.69) is 4.90 Å². The normalized spacial score (nSPS) is 19.5. The van der Waals surface area contributed by atoms with Gasteiger partial charge in [0.1, 0.15) is 17.8 Å². The summed E-state index contributed by atoms with van der Waals surface area (Å²) in [6, 6.07) is 3.97. The molecule has 0 unspecified atom stereocenters. The zero-order valence-electron chi connectivity index (χ0n) is 26.9. The largest absolute Gasteiger partial charge is 0.485 e. The van der Waals surface area contributed by atoms with E-state index in [9.17, 15) is 9.59 Å². The molecule has 2 aromatic heterocycles. The number of hydrogen-bond acceptors (Lipinski definition) is 9. The molecule has 2 amide bonds. The van der Waals surface area contributed by atoms with E-state index in [1.54, 1.807) is 16.0 Å². The number of morpholine rings is 1. The molecule has 11 heteroatoms. The number of aromatic nitrogens is 2. The number of carbonyl (C=O) groups excluding carboxylic acids is 2. The van der Waals surface area contributed by atoms with E-state index < -0.39 is 17.3 Å². The Labute approximate surface area is 259 Å². The number of nitrogens with zero attached hydrogens (tertiary/aromatic N) is 5. The van der Waals surface area contributed by atoms with Crippen LogP contribution in [-0.4, -0.2) is 77.6 Å². The molecule has 11 nitrogen and oxygen atoms in total. The van der Waals surface area contributed by atoms with E-state index in [0.717, 1.165) is 61.4 Å². The molecule has 3 aliphatic heterocycles. The Morgan fingerprint density at radius 1 is 0.864 bits per heavy atom. The van der Waals surface area contributed by atoms with Crippen LogP contribution in [0.1, 0.15) is 96.0 Å². The highest BCUT2D eigenvalue weighted by atomic mass is 16.6. The molecule has 3 fully saturated rings. The van der Waals surface area contributed by atoms with Crippen LogP contribution in [0.15, 0.2) is 18.3 Å². The third kappa shape index (κ3) is 6.57. The topological polar surface area (TPSA) is 107 Å². The summed E-state index contributed by atoms with van der Waals surface area (Å²) in [5, 5.41) is 0. The molecular weight excluding hydrogens is 562 g/mol. The second-order valence-corrected chi connectivity index (χ2v) is 14.1. The molecule has 0 N–H and O–H groups in total. The number of pyridine rings is 2. The zero-order valence-corrected chi connectivity index (χ0v) is 26.9. The Morgan fingerprint density at radius 2 is 1.52 bits per heavy atom. The minimum absolute atomic E-state index is 0.118. The number of carbonyl (C=O) groups is 2. The van der Waals surface area contributed by atoms with Crippen molar-refractivity contribution in [3.05, 3.63) is 35.3 Å². The number of rotatable bonds is 3. The van der Waals surface area contributed by atoms with Gasteiger partial charge < -0.3 is 28.7 Å². The van der Waals surface area contributed by atoms with Crippen molar-refractivity contribution in [1.29, 1.82) is 0 Å². The lowest BCUT2D eigenvalue weighted by atomic mass is 9.92. The van der Waals surface area contributed by atoms with Gasteiger partial charge in [-0.25, -0.2) is 19.5 Å². The van der Waals surface area contributed by atoms with Crippen LogP contribution in [0.3, 0.4) is 0 Å². The summed E-state index contributed by atoms with van der Waals surface area (Å²) in [6.45, 7) is 15.4. The first-order valence-corrected chi connectivity index (χ1v) is 15.9. The number of ether oxygens (including phenoxy) is 4. The Bertz CT molecular complexity index is 1400. The van der Waals surface area contributed by atoms with Gasteiger partial charge in [0.05, 0.1) is 30.2 Å². The molecule has 238 valence electrons. The van der Waals surface area contributed by atoms with Crippen molar-refractivity contribution in [3.63, 3.8) is 0 Å². The standard InChI is InChI=1S/C33H45N5O6/c1-32(2,3)43-30(39)37-13-10-21(11-14-37)24-19-26-28(27(35-24)22-7-8-22)42-20-23-25(36-15-17-41-18-16-36)9-12-34-29(23)38(26)31(40)44-33(4,5)6/h9,12,19,21-22H,7-8,10-11,13-18,20H2,1-6H3. The SMILES string of the molecule is CC(C)(C)OC(=O)N1CCC(c2cc3c(c(C4CC4)n2)OCc2c(N4CCOCC4)ccnc2N3C(=O)OC(C)(C)C)CC1. The maximum absolute atomic E-state index is 14.1. The average Bonchev–Trinajstić information content (AvgIpc) is 3.82. The molecule has 1 aliphatic carbocycles. The number of piperidine rings is 1. The summed E-state index contributed by atoms with van der Waals surface area (Å²) in [4.78, 5) is 42.4. The molecule has 0 spiro atoms. The number of amides is 2. The van der Waals surface area contributed by atoms with E-state index in [0.29, 0.717) is 43.6 Å². The van der Waals surface area contributed by atoms with Crippen LogP contribution in [0.4, 0.5) is 26.8 Å². The van der Waals surface area contributed by atoms with Gasteiger partial charge in [-0.3, -0.25) is 4.98 Å². The summed E-state index contributed by atoms with van der Waals surface area (Å²) >= 11 is 0. The highest BCUT2D eigenvalue weighted by Gasteiger charge is 2.40. The average molecular weight is 608 g/mol. The molecule has 4 aliphatic rings. The quantitative estimate of drug-likeness (QED) is 0.399. The fourth-order valence-corrected chi connectivity index (χ4v) is 6.05. The minimum Gasteiger partial charge on any atom is -0.485 e. The summed E-state index contributed by atoms with van der Waals surface area (Å²) in [6.07, 6.45) is 4.52. The van der Waals surface area contributed by atoms with E-state index in [1.807, 2.05) is 53.7 Å². The predicted octanol–water partition coefficient (Wildman–Crippen LogP) is 6.27. The lowest BCUT2D eigenvalue weighted by molar-refractivity contribution is 0.0203. The van der Waals surface area contributed by atoms with Crippen molar-refractivity contribution in [1.82, 2.24) is 14.9 Å². The fraction of sp³-hybridized carbons (Fsp3) is 0.636. The van der Waals surface area contributed by atoms with Crippen LogP contribution < -0.4 is 14.5 Å². The first-order chi connectivity index (χ1) is 20.9. The number of anilines is 3. The van der Waals surface area contributed by atoms with Crippen molar-refractivity contribution < 1.29 is 28.5 Å². The molecule has 0 radical (unpaired) electrons. The zero-order chi connectivity index (χ0) is 31.2. The van der Waals surface area contributed by atoms with Crippen molar-refractivity contribution in [3.8, 4) is 5.75 Å². The maximum Gasteiger partial charge on any atom is 0.420 e. The van der Waals surface area contributed by atoms with Gasteiger partial charge in [-0.2, -0.15) is 0 Å². The van der Waals surface area contributed by atoms with Crippen LogP contribution in [0.2, 0.25) is 0 Å². The van der Waals surface area contributed by atoms with Crippen LogP contribution in [0.25, 0.3) is 0 Å². The van der Waals surface area contributed by atoms with E-state index >= 15 is 0 Å². The summed E-state index contributed by atoms with van der Waals surface area (Å²) in [5.41, 5.74) is 2.98. The van der Waals surface area contributed by atoms with E-state index in [-0.39, 0.29) is 24.5 Å². The smallest absolute Gasteiger partial charge is 0.420 e. The Balaban J connectivity index is 1.39. The van der Waals surface area contributed by atoms with Crippen LogP contribution >= 0.6 is 0 Å². The second kappa shape index (κ2) is 11.7. The number of fused-ring (bicyclic) bond motifs is 2. The maximum atomic E-state index is 14.1. The number of hydrogen-bond donors (Lipinski definition) is 0. The van der Waals surface area contributed by atoms with Crippen molar-refractivity contribution in [2.45, 2.75) is 96.9 Å². The second-order valence-electron chi connectivity index (χ2n) is 14.1. The molecule has 1 saturated carbocycles. The fourth-order valence-electron chi connectivity index (χ4n) is 6.05. The molecule has 0 bridgehead atoms. The summed E-state index contributed by atoms with van der Waals surface area (Å²) < 4.78 is 23.8. The Kier molecular flexibility index (Phi) is 8.11.